The predicted molar refractivity (Wildman–Crippen MR) is 62.3 cm³/mol. The standard InChI is InChI=1S/C12H6BrF4N/c13-10-6-18-4-3-8(10)9-2-1-7(5-11(9)14)12(15,16)17/h1-6H. The maximum atomic E-state index is 13.7. The summed E-state index contributed by atoms with van der Waals surface area (Å²) in [6.07, 6.45) is -1.65. The van der Waals surface area contributed by atoms with Crippen molar-refractivity contribution in [1.82, 2.24) is 4.98 Å². The zero-order chi connectivity index (χ0) is 13.3. The molecule has 6 heteroatoms. The molecule has 1 aromatic heterocycles. The van der Waals surface area contributed by atoms with E-state index < -0.39 is 17.6 Å². The van der Waals surface area contributed by atoms with Gasteiger partial charge < -0.3 is 0 Å². The average molecular weight is 320 g/mol. The van der Waals surface area contributed by atoms with Gasteiger partial charge in [0, 0.05) is 28.0 Å². The number of halogens is 5. The summed E-state index contributed by atoms with van der Waals surface area (Å²) in [6, 6.07) is 3.97. The molecule has 0 N–H and O–H groups in total. The third kappa shape index (κ3) is 2.53. The summed E-state index contributed by atoms with van der Waals surface area (Å²) in [4.78, 5) is 3.81. The van der Waals surface area contributed by atoms with Crippen LogP contribution in [0.5, 0.6) is 0 Å². The van der Waals surface area contributed by atoms with Gasteiger partial charge in [-0.25, -0.2) is 4.39 Å². The van der Waals surface area contributed by atoms with Gasteiger partial charge >= 0.3 is 6.18 Å². The van der Waals surface area contributed by atoms with Crippen LogP contribution in [0.3, 0.4) is 0 Å². The number of aromatic nitrogens is 1. The second-order valence-electron chi connectivity index (χ2n) is 3.55. The first-order valence-electron chi connectivity index (χ1n) is 4.86. The summed E-state index contributed by atoms with van der Waals surface area (Å²) < 4.78 is 51.4. The van der Waals surface area contributed by atoms with Crippen molar-refractivity contribution in [2.45, 2.75) is 6.18 Å². The quantitative estimate of drug-likeness (QED) is 0.696. The average Bonchev–Trinajstić information content (AvgIpc) is 2.29. The molecule has 0 bridgehead atoms. The van der Waals surface area contributed by atoms with Crippen LogP contribution < -0.4 is 0 Å². The summed E-state index contributed by atoms with van der Waals surface area (Å²) in [5.74, 6) is -0.920. The van der Waals surface area contributed by atoms with E-state index in [0.29, 0.717) is 16.1 Å². The third-order valence-corrected chi connectivity index (χ3v) is 2.99. The van der Waals surface area contributed by atoms with Crippen molar-refractivity contribution >= 4 is 15.9 Å². The van der Waals surface area contributed by atoms with E-state index >= 15 is 0 Å². The highest BCUT2D eigenvalue weighted by atomic mass is 79.9. The number of hydrogen-bond acceptors (Lipinski definition) is 1. The van der Waals surface area contributed by atoms with Crippen molar-refractivity contribution in [3.8, 4) is 11.1 Å². The Bertz CT molecular complexity index is 581. The Balaban J connectivity index is 2.52. The van der Waals surface area contributed by atoms with Crippen molar-refractivity contribution in [3.05, 3.63) is 52.5 Å². The van der Waals surface area contributed by atoms with E-state index in [0.717, 1.165) is 12.1 Å². The third-order valence-electron chi connectivity index (χ3n) is 2.36. The van der Waals surface area contributed by atoms with Gasteiger partial charge in [0.05, 0.1) is 5.56 Å². The first-order valence-corrected chi connectivity index (χ1v) is 5.65. The topological polar surface area (TPSA) is 12.9 Å². The van der Waals surface area contributed by atoms with E-state index in [1.807, 2.05) is 0 Å². The van der Waals surface area contributed by atoms with Crippen LogP contribution >= 0.6 is 15.9 Å². The molecule has 0 spiro atoms. The molecule has 1 heterocycles. The van der Waals surface area contributed by atoms with Crippen LogP contribution in [0.4, 0.5) is 17.6 Å². The molecule has 1 aromatic carbocycles. The van der Waals surface area contributed by atoms with E-state index in [2.05, 4.69) is 20.9 Å². The fourth-order valence-electron chi connectivity index (χ4n) is 1.50. The zero-order valence-electron chi connectivity index (χ0n) is 8.80. The molecule has 0 saturated carbocycles. The van der Waals surface area contributed by atoms with Crippen molar-refractivity contribution < 1.29 is 17.6 Å². The van der Waals surface area contributed by atoms with Crippen molar-refractivity contribution in [1.29, 1.82) is 0 Å². The molecule has 94 valence electrons. The molecule has 0 atom stereocenters. The van der Waals surface area contributed by atoms with Gasteiger partial charge in [0.25, 0.3) is 0 Å². The van der Waals surface area contributed by atoms with Gasteiger partial charge in [-0.05, 0) is 34.1 Å². The molecule has 0 unspecified atom stereocenters. The van der Waals surface area contributed by atoms with E-state index in [4.69, 9.17) is 0 Å². The van der Waals surface area contributed by atoms with Crippen molar-refractivity contribution in [2.75, 3.05) is 0 Å². The Hall–Kier alpha value is -1.43. The van der Waals surface area contributed by atoms with Gasteiger partial charge in [-0.2, -0.15) is 13.2 Å². The fraction of sp³-hybridized carbons (Fsp3) is 0.0833. The van der Waals surface area contributed by atoms with Gasteiger partial charge in [-0.1, -0.05) is 6.07 Å². The van der Waals surface area contributed by atoms with E-state index in [1.165, 1.54) is 18.5 Å². The SMILES string of the molecule is Fc1cc(C(F)(F)F)ccc1-c1ccncc1Br. The van der Waals surface area contributed by atoms with Crippen LogP contribution in [0.1, 0.15) is 5.56 Å². The van der Waals surface area contributed by atoms with Crippen LogP contribution in [-0.4, -0.2) is 4.98 Å². The Morgan fingerprint density at radius 3 is 2.33 bits per heavy atom. The molecule has 0 saturated heterocycles. The maximum Gasteiger partial charge on any atom is 0.416 e. The molecule has 2 rings (SSSR count). The van der Waals surface area contributed by atoms with E-state index in [-0.39, 0.29) is 5.56 Å². The van der Waals surface area contributed by atoms with Crippen LogP contribution in [-0.2, 0) is 6.18 Å². The Morgan fingerprint density at radius 1 is 1.06 bits per heavy atom. The number of nitrogens with zero attached hydrogens (tertiary/aromatic N) is 1. The second-order valence-corrected chi connectivity index (χ2v) is 4.40. The predicted octanol–water partition coefficient (Wildman–Crippen LogP) is 4.67. The lowest BCUT2D eigenvalue weighted by atomic mass is 10.0. The van der Waals surface area contributed by atoms with Crippen LogP contribution in [0.15, 0.2) is 41.1 Å². The van der Waals surface area contributed by atoms with E-state index in [9.17, 15) is 17.6 Å². The minimum absolute atomic E-state index is 0.0947. The highest BCUT2D eigenvalue weighted by Crippen LogP contribution is 2.34. The highest BCUT2D eigenvalue weighted by molar-refractivity contribution is 9.10. The van der Waals surface area contributed by atoms with Gasteiger partial charge in [0.15, 0.2) is 0 Å². The number of hydrogen-bond donors (Lipinski definition) is 0. The summed E-state index contributed by atoms with van der Waals surface area (Å²) in [6.45, 7) is 0. The zero-order valence-corrected chi connectivity index (χ0v) is 10.4. The van der Waals surface area contributed by atoms with Gasteiger partial charge in [0.2, 0.25) is 0 Å². The molecule has 0 radical (unpaired) electrons. The minimum Gasteiger partial charge on any atom is -0.264 e. The molecule has 2 aromatic rings. The number of alkyl halides is 3. The van der Waals surface area contributed by atoms with E-state index in [1.54, 1.807) is 0 Å². The summed E-state index contributed by atoms with van der Waals surface area (Å²) in [5, 5.41) is 0. The molecule has 0 aliphatic heterocycles. The van der Waals surface area contributed by atoms with Gasteiger partial charge in [-0.3, -0.25) is 4.98 Å². The largest absolute Gasteiger partial charge is 0.416 e. The number of rotatable bonds is 1. The molecule has 1 nitrogen and oxygen atoms in total. The smallest absolute Gasteiger partial charge is 0.264 e. The molecule has 0 aliphatic rings. The Kier molecular flexibility index (Phi) is 3.38. The van der Waals surface area contributed by atoms with Crippen molar-refractivity contribution in [3.63, 3.8) is 0 Å². The number of benzene rings is 1. The molecule has 18 heavy (non-hydrogen) atoms. The summed E-state index contributed by atoms with van der Waals surface area (Å²) in [7, 11) is 0. The van der Waals surface area contributed by atoms with Crippen LogP contribution in [0.25, 0.3) is 11.1 Å². The summed E-state index contributed by atoms with van der Waals surface area (Å²) >= 11 is 3.17. The van der Waals surface area contributed by atoms with Crippen molar-refractivity contribution in [2.24, 2.45) is 0 Å². The van der Waals surface area contributed by atoms with Gasteiger partial charge in [-0.15, -0.1) is 0 Å². The molecular weight excluding hydrogens is 314 g/mol. The molecular formula is C12H6BrF4N. The monoisotopic (exact) mass is 319 g/mol. The second kappa shape index (κ2) is 4.68. The lowest BCUT2D eigenvalue weighted by Crippen LogP contribution is -2.05. The first-order chi connectivity index (χ1) is 8.39. The lowest BCUT2D eigenvalue weighted by molar-refractivity contribution is -0.137. The Morgan fingerprint density at radius 2 is 1.78 bits per heavy atom. The Labute approximate surface area is 109 Å². The molecule has 0 amide bonds. The van der Waals surface area contributed by atoms with Gasteiger partial charge in [0.1, 0.15) is 5.82 Å². The summed E-state index contributed by atoms with van der Waals surface area (Å²) in [5.41, 5.74) is -0.456. The minimum atomic E-state index is -4.55. The normalized spacial score (nSPS) is 11.6. The fourth-order valence-corrected chi connectivity index (χ4v) is 1.97. The van der Waals surface area contributed by atoms with Crippen LogP contribution in [0.2, 0.25) is 0 Å². The lowest BCUT2D eigenvalue weighted by Gasteiger charge is -2.10. The highest BCUT2D eigenvalue weighted by Gasteiger charge is 2.31. The number of pyridine rings is 1. The maximum absolute atomic E-state index is 13.7. The van der Waals surface area contributed by atoms with Crippen LogP contribution in [0, 0.1) is 5.82 Å². The molecule has 0 fully saturated rings. The molecule has 0 aliphatic carbocycles. The first kappa shape index (κ1) is 13.0.